The van der Waals surface area contributed by atoms with Crippen LogP contribution in [-0.2, 0) is 26.2 Å². The van der Waals surface area contributed by atoms with E-state index in [0.717, 1.165) is 49.0 Å². The summed E-state index contributed by atoms with van der Waals surface area (Å²) in [5.41, 5.74) is 3.80. The number of nitrogens with zero attached hydrogens (tertiary/aromatic N) is 10. The Balaban J connectivity index is 1.91. The Labute approximate surface area is 238 Å². The molecule has 1 aliphatic heterocycles. The van der Waals surface area contributed by atoms with Crippen molar-refractivity contribution in [2.45, 2.75) is 51.9 Å². The molecule has 0 radical (unpaired) electrons. The lowest BCUT2D eigenvalue weighted by atomic mass is 10.2. The maximum absolute atomic E-state index is 9.24. The van der Waals surface area contributed by atoms with Crippen molar-refractivity contribution < 1.29 is 0 Å². The number of aromatic nitrogens is 2. The quantitative estimate of drug-likeness (QED) is 0.493. The second-order valence-electron chi connectivity index (χ2n) is 9.98. The van der Waals surface area contributed by atoms with Crippen molar-refractivity contribution in [2.75, 3.05) is 52.4 Å². The summed E-state index contributed by atoms with van der Waals surface area (Å²) >= 11 is 0. The molecule has 40 heavy (non-hydrogen) atoms. The SMILES string of the molecule is N#CCCN1CCN(CCC#N)Cc2cccc(n2)CN(CCC#N)CCN(CCC#N)Cc2cccc(n2)C1. The van der Waals surface area contributed by atoms with E-state index in [0.29, 0.717) is 78.0 Å². The molecule has 4 bridgehead atoms. The first-order valence-corrected chi connectivity index (χ1v) is 13.9. The van der Waals surface area contributed by atoms with E-state index in [2.05, 4.69) is 43.9 Å². The molecule has 0 aliphatic carbocycles. The highest BCUT2D eigenvalue weighted by Crippen LogP contribution is 2.12. The summed E-state index contributed by atoms with van der Waals surface area (Å²) in [5, 5.41) is 36.9. The predicted molar refractivity (Wildman–Crippen MR) is 151 cm³/mol. The molecule has 0 saturated heterocycles. The third-order valence-corrected chi connectivity index (χ3v) is 6.90. The Morgan fingerprint density at radius 1 is 0.475 bits per heavy atom. The van der Waals surface area contributed by atoms with Gasteiger partial charge in [-0.05, 0) is 24.3 Å². The van der Waals surface area contributed by atoms with Gasteiger partial charge in [-0.3, -0.25) is 29.6 Å². The van der Waals surface area contributed by atoms with Gasteiger partial charge in [0.2, 0.25) is 0 Å². The van der Waals surface area contributed by atoms with Gasteiger partial charge in [-0.1, -0.05) is 12.1 Å². The minimum Gasteiger partial charge on any atom is -0.295 e. The van der Waals surface area contributed by atoms with Crippen LogP contribution in [-0.4, -0.2) is 81.9 Å². The molecule has 2 aromatic rings. The van der Waals surface area contributed by atoms with Gasteiger partial charge in [-0.15, -0.1) is 0 Å². The Hall–Kier alpha value is -3.90. The van der Waals surface area contributed by atoms with E-state index in [1.165, 1.54) is 0 Å². The van der Waals surface area contributed by atoms with Crippen LogP contribution in [0, 0.1) is 45.3 Å². The molecule has 208 valence electrons. The molecule has 0 spiro atoms. The molecule has 0 aromatic carbocycles. The fourth-order valence-electron chi connectivity index (χ4n) is 4.80. The van der Waals surface area contributed by atoms with E-state index >= 15 is 0 Å². The van der Waals surface area contributed by atoms with E-state index < -0.39 is 0 Å². The maximum Gasteiger partial charge on any atom is 0.0635 e. The Morgan fingerprint density at radius 2 is 0.725 bits per heavy atom. The monoisotopic (exact) mass is 538 g/mol. The van der Waals surface area contributed by atoms with E-state index in [9.17, 15) is 21.0 Å². The van der Waals surface area contributed by atoms with Crippen molar-refractivity contribution in [3.05, 3.63) is 59.2 Å². The van der Waals surface area contributed by atoms with Crippen LogP contribution in [0.1, 0.15) is 48.5 Å². The van der Waals surface area contributed by atoms with Crippen LogP contribution in [0.25, 0.3) is 0 Å². The number of rotatable bonds is 8. The van der Waals surface area contributed by atoms with Gasteiger partial charge < -0.3 is 0 Å². The highest BCUT2D eigenvalue weighted by atomic mass is 15.2. The number of hydrogen-bond donors (Lipinski definition) is 0. The second kappa shape index (κ2) is 17.6. The van der Waals surface area contributed by atoms with Crippen molar-refractivity contribution in [3.63, 3.8) is 0 Å². The largest absolute Gasteiger partial charge is 0.295 e. The summed E-state index contributed by atoms with van der Waals surface area (Å²) < 4.78 is 0. The first kappa shape index (κ1) is 30.6. The summed E-state index contributed by atoms with van der Waals surface area (Å²) in [6.45, 7) is 8.11. The summed E-state index contributed by atoms with van der Waals surface area (Å²) in [7, 11) is 0. The highest BCUT2D eigenvalue weighted by Gasteiger charge is 2.16. The molecular formula is C30H38N10. The summed E-state index contributed by atoms with van der Waals surface area (Å²) in [5.74, 6) is 0. The maximum atomic E-state index is 9.24. The Kier molecular flexibility index (Phi) is 13.5. The third kappa shape index (κ3) is 11.1. The molecule has 0 amide bonds. The molecule has 1 aliphatic rings. The van der Waals surface area contributed by atoms with Gasteiger partial charge in [-0.2, -0.15) is 21.0 Å². The molecule has 0 atom stereocenters. The summed E-state index contributed by atoms with van der Waals surface area (Å²) in [6, 6.07) is 21.2. The predicted octanol–water partition coefficient (Wildman–Crippen LogP) is 3.05. The van der Waals surface area contributed by atoms with Gasteiger partial charge in [0.15, 0.2) is 0 Å². The highest BCUT2D eigenvalue weighted by molar-refractivity contribution is 5.13. The van der Waals surface area contributed by atoms with Crippen molar-refractivity contribution in [1.82, 2.24) is 29.6 Å². The van der Waals surface area contributed by atoms with Gasteiger partial charge in [0, 0.05) is 104 Å². The van der Waals surface area contributed by atoms with Crippen LogP contribution in [0.4, 0.5) is 0 Å². The second-order valence-corrected chi connectivity index (χ2v) is 9.98. The average Bonchev–Trinajstić information content (AvgIpc) is 2.96. The zero-order chi connectivity index (χ0) is 28.4. The normalized spacial score (nSPS) is 16.5. The standard InChI is InChI=1S/C30H38N10/c31-11-3-15-37-19-21-39(17-5-13-33)25-29-9-2-10-30(36-29)26-40(18-6-14-34)22-20-38(16-4-12-32)24-28-8-1-7-27(23-37)35-28/h1-2,7-10H,3-6,15-26H2. The van der Waals surface area contributed by atoms with Crippen LogP contribution in [0.2, 0.25) is 0 Å². The molecule has 10 heteroatoms. The van der Waals surface area contributed by atoms with Gasteiger partial charge >= 0.3 is 0 Å². The van der Waals surface area contributed by atoms with Crippen LogP contribution in [0.15, 0.2) is 36.4 Å². The average molecular weight is 539 g/mol. The zero-order valence-electron chi connectivity index (χ0n) is 23.2. The fraction of sp³-hybridized carbons (Fsp3) is 0.533. The Bertz CT molecular complexity index is 1040. The van der Waals surface area contributed by atoms with Crippen LogP contribution in [0.5, 0.6) is 0 Å². The molecule has 10 nitrogen and oxygen atoms in total. The molecule has 0 unspecified atom stereocenters. The molecule has 0 fully saturated rings. The number of hydrogen-bond acceptors (Lipinski definition) is 10. The van der Waals surface area contributed by atoms with E-state index in [4.69, 9.17) is 9.97 Å². The van der Waals surface area contributed by atoms with Crippen molar-refractivity contribution in [3.8, 4) is 24.3 Å². The van der Waals surface area contributed by atoms with Crippen LogP contribution >= 0.6 is 0 Å². The lowest BCUT2D eigenvalue weighted by Crippen LogP contribution is -2.37. The lowest BCUT2D eigenvalue weighted by molar-refractivity contribution is 0.189. The van der Waals surface area contributed by atoms with Crippen molar-refractivity contribution >= 4 is 0 Å². The lowest BCUT2D eigenvalue weighted by Gasteiger charge is -2.28. The molecule has 3 heterocycles. The fourth-order valence-corrected chi connectivity index (χ4v) is 4.80. The molecule has 0 saturated carbocycles. The van der Waals surface area contributed by atoms with Crippen LogP contribution in [0.3, 0.4) is 0 Å². The van der Waals surface area contributed by atoms with E-state index in [-0.39, 0.29) is 0 Å². The summed E-state index contributed by atoms with van der Waals surface area (Å²) in [6.07, 6.45) is 1.74. The minimum atomic E-state index is 0.436. The summed E-state index contributed by atoms with van der Waals surface area (Å²) in [4.78, 5) is 18.9. The van der Waals surface area contributed by atoms with Gasteiger partial charge in [0.25, 0.3) is 0 Å². The molecular weight excluding hydrogens is 500 g/mol. The molecule has 3 rings (SSSR count). The van der Waals surface area contributed by atoms with Gasteiger partial charge in [0.05, 0.1) is 47.1 Å². The zero-order valence-corrected chi connectivity index (χ0v) is 23.2. The smallest absolute Gasteiger partial charge is 0.0635 e. The topological polar surface area (TPSA) is 134 Å². The van der Waals surface area contributed by atoms with Gasteiger partial charge in [-0.25, -0.2) is 0 Å². The Morgan fingerprint density at radius 3 is 0.950 bits per heavy atom. The van der Waals surface area contributed by atoms with Crippen LogP contribution < -0.4 is 0 Å². The van der Waals surface area contributed by atoms with E-state index in [1.54, 1.807) is 0 Å². The first-order chi connectivity index (χ1) is 19.6. The number of pyridine rings is 2. The third-order valence-electron chi connectivity index (χ3n) is 6.90. The number of fused-ring (bicyclic) bond motifs is 4. The molecule has 2 aromatic heterocycles. The number of nitriles is 4. The van der Waals surface area contributed by atoms with Crippen molar-refractivity contribution in [2.24, 2.45) is 0 Å². The van der Waals surface area contributed by atoms with E-state index in [1.807, 2.05) is 36.4 Å². The first-order valence-electron chi connectivity index (χ1n) is 13.9. The van der Waals surface area contributed by atoms with Crippen molar-refractivity contribution in [1.29, 1.82) is 21.0 Å². The minimum absolute atomic E-state index is 0.436. The molecule has 0 N–H and O–H groups in total. The van der Waals surface area contributed by atoms with Gasteiger partial charge in [0.1, 0.15) is 0 Å².